The van der Waals surface area contributed by atoms with E-state index in [0.29, 0.717) is 29.1 Å². The summed E-state index contributed by atoms with van der Waals surface area (Å²) >= 11 is 0. The van der Waals surface area contributed by atoms with Gasteiger partial charge in [-0.25, -0.2) is 22.3 Å². The molecule has 4 aromatic rings. The zero-order valence-corrected chi connectivity index (χ0v) is 17.7. The van der Waals surface area contributed by atoms with E-state index in [1.165, 1.54) is 39.3 Å². The van der Waals surface area contributed by atoms with Gasteiger partial charge in [-0.3, -0.25) is 9.10 Å². The highest BCUT2D eigenvalue weighted by atomic mass is 32.2. The molecule has 7 nitrogen and oxygen atoms in total. The van der Waals surface area contributed by atoms with Crippen LogP contribution in [0.25, 0.3) is 16.9 Å². The third kappa shape index (κ3) is 3.91. The lowest BCUT2D eigenvalue weighted by molar-refractivity contribution is 0.104. The summed E-state index contributed by atoms with van der Waals surface area (Å²) in [5.41, 5.74) is 2.87. The number of fused-ring (bicyclic) bond motifs is 1. The fourth-order valence-corrected chi connectivity index (χ4v) is 4.42. The Bertz CT molecular complexity index is 1380. The highest BCUT2D eigenvalue weighted by molar-refractivity contribution is 7.92. The van der Waals surface area contributed by atoms with Crippen molar-refractivity contribution in [2.24, 2.45) is 0 Å². The molecule has 2 aromatic heterocycles. The lowest BCUT2D eigenvalue weighted by Gasteiger charge is -2.21. The number of hydrogen-bond donors (Lipinski definition) is 0. The van der Waals surface area contributed by atoms with E-state index in [-0.39, 0.29) is 11.3 Å². The molecular weight excluding hydrogens is 419 g/mol. The minimum atomic E-state index is -3.42. The number of hydrogen-bond acceptors (Lipinski definition) is 5. The average Bonchev–Trinajstić information content (AvgIpc) is 3.18. The first kappa shape index (κ1) is 20.7. The van der Waals surface area contributed by atoms with Gasteiger partial charge in [-0.15, -0.1) is 0 Å². The Kier molecular flexibility index (Phi) is 5.28. The molecule has 0 bridgehead atoms. The van der Waals surface area contributed by atoms with Crippen molar-refractivity contribution in [2.75, 3.05) is 17.1 Å². The SMILES string of the molecule is CCN(c1cccc(-c2ccnc3c(C(=O)c4ccc(F)cc4)cnn23)c1)S(C)(=O)=O. The van der Waals surface area contributed by atoms with Crippen molar-refractivity contribution in [1.82, 2.24) is 14.6 Å². The third-order valence-corrected chi connectivity index (χ3v) is 6.14. The Labute approximate surface area is 178 Å². The number of carbonyl (C=O) groups excluding carboxylic acids is 1. The summed E-state index contributed by atoms with van der Waals surface area (Å²) in [7, 11) is -3.42. The molecule has 4 rings (SSSR count). The molecule has 0 amide bonds. The zero-order valence-electron chi connectivity index (χ0n) is 16.9. The Morgan fingerprint density at radius 1 is 1.13 bits per heavy atom. The standard InChI is InChI=1S/C22H19FN4O3S/c1-3-26(31(2,29)30)18-6-4-5-16(13-18)20-11-12-24-22-19(14-25-27(20)22)21(28)15-7-9-17(23)10-8-15/h4-14H,3H2,1-2H3. The monoisotopic (exact) mass is 438 g/mol. The van der Waals surface area contributed by atoms with E-state index in [1.807, 2.05) is 6.07 Å². The molecule has 31 heavy (non-hydrogen) atoms. The zero-order chi connectivity index (χ0) is 22.2. The Morgan fingerprint density at radius 3 is 2.55 bits per heavy atom. The van der Waals surface area contributed by atoms with Gasteiger partial charge in [0.05, 0.1) is 29.4 Å². The number of sulfonamides is 1. The van der Waals surface area contributed by atoms with E-state index in [9.17, 15) is 17.6 Å². The van der Waals surface area contributed by atoms with Crippen LogP contribution in [0.2, 0.25) is 0 Å². The van der Waals surface area contributed by atoms with Crippen LogP contribution < -0.4 is 4.31 Å². The first-order chi connectivity index (χ1) is 14.8. The molecule has 0 radical (unpaired) electrons. The Morgan fingerprint density at radius 2 is 1.87 bits per heavy atom. The maximum atomic E-state index is 13.2. The highest BCUT2D eigenvalue weighted by Crippen LogP contribution is 2.27. The molecule has 158 valence electrons. The van der Waals surface area contributed by atoms with Gasteiger partial charge in [0, 0.05) is 23.9 Å². The largest absolute Gasteiger partial charge is 0.288 e. The summed E-state index contributed by atoms with van der Waals surface area (Å²) in [6, 6.07) is 14.1. The van der Waals surface area contributed by atoms with Gasteiger partial charge >= 0.3 is 0 Å². The maximum absolute atomic E-state index is 13.2. The van der Waals surface area contributed by atoms with Crippen LogP contribution in [0.3, 0.4) is 0 Å². The molecule has 9 heteroatoms. The second-order valence-corrected chi connectivity index (χ2v) is 8.84. The molecule has 0 unspecified atom stereocenters. The van der Waals surface area contributed by atoms with Gasteiger partial charge < -0.3 is 0 Å². The van der Waals surface area contributed by atoms with Gasteiger partial charge in [0.25, 0.3) is 0 Å². The predicted octanol–water partition coefficient (Wildman–Crippen LogP) is 3.55. The van der Waals surface area contributed by atoms with Crippen LogP contribution in [0.15, 0.2) is 67.0 Å². The number of halogens is 1. The van der Waals surface area contributed by atoms with E-state index >= 15 is 0 Å². The van der Waals surface area contributed by atoms with Gasteiger partial charge in [0.15, 0.2) is 11.4 Å². The van der Waals surface area contributed by atoms with Gasteiger partial charge in [-0.2, -0.15) is 5.10 Å². The van der Waals surface area contributed by atoms with Crippen molar-refractivity contribution in [3.63, 3.8) is 0 Å². The van der Waals surface area contributed by atoms with Gasteiger partial charge in [0.2, 0.25) is 10.0 Å². The topological polar surface area (TPSA) is 84.6 Å². The van der Waals surface area contributed by atoms with Crippen molar-refractivity contribution in [2.45, 2.75) is 6.92 Å². The lowest BCUT2D eigenvalue weighted by atomic mass is 10.1. The molecule has 0 fully saturated rings. The summed E-state index contributed by atoms with van der Waals surface area (Å²) in [6.07, 6.45) is 4.15. The summed E-state index contributed by atoms with van der Waals surface area (Å²) in [4.78, 5) is 17.2. The second kappa shape index (κ2) is 7.92. The first-order valence-corrected chi connectivity index (χ1v) is 11.4. The summed E-state index contributed by atoms with van der Waals surface area (Å²) in [6.45, 7) is 2.06. The minimum Gasteiger partial charge on any atom is -0.288 e. The summed E-state index contributed by atoms with van der Waals surface area (Å²) in [5.74, 6) is -0.741. The summed E-state index contributed by atoms with van der Waals surface area (Å²) in [5, 5.41) is 4.33. The molecule has 0 spiro atoms. The average molecular weight is 438 g/mol. The number of carbonyl (C=O) groups is 1. The Balaban J connectivity index is 1.80. The number of rotatable bonds is 6. The molecule has 0 aliphatic rings. The number of aromatic nitrogens is 3. The number of benzene rings is 2. The molecule has 0 N–H and O–H groups in total. The molecule has 0 saturated carbocycles. The van der Waals surface area contributed by atoms with Crippen molar-refractivity contribution in [1.29, 1.82) is 0 Å². The van der Waals surface area contributed by atoms with E-state index in [2.05, 4.69) is 10.1 Å². The van der Waals surface area contributed by atoms with E-state index in [0.717, 1.165) is 11.8 Å². The molecule has 2 heterocycles. The molecule has 0 aliphatic heterocycles. The summed E-state index contributed by atoms with van der Waals surface area (Å²) < 4.78 is 40.2. The van der Waals surface area contributed by atoms with Crippen LogP contribution in [0.1, 0.15) is 22.8 Å². The van der Waals surface area contributed by atoms with Gasteiger partial charge in [-0.1, -0.05) is 12.1 Å². The van der Waals surface area contributed by atoms with Crippen LogP contribution in [0.5, 0.6) is 0 Å². The second-order valence-electron chi connectivity index (χ2n) is 6.94. The molecule has 0 saturated heterocycles. The van der Waals surface area contributed by atoms with Crippen molar-refractivity contribution in [3.8, 4) is 11.3 Å². The molecule has 2 aromatic carbocycles. The fourth-order valence-electron chi connectivity index (χ4n) is 3.46. The third-order valence-electron chi connectivity index (χ3n) is 4.87. The smallest absolute Gasteiger partial charge is 0.232 e. The normalized spacial score (nSPS) is 11.6. The van der Waals surface area contributed by atoms with Crippen LogP contribution in [-0.4, -0.2) is 41.6 Å². The fraction of sp³-hybridized carbons (Fsp3) is 0.136. The molecule has 0 atom stereocenters. The minimum absolute atomic E-state index is 0.288. The quantitative estimate of drug-likeness (QED) is 0.430. The van der Waals surface area contributed by atoms with E-state index in [1.54, 1.807) is 37.4 Å². The maximum Gasteiger partial charge on any atom is 0.232 e. The van der Waals surface area contributed by atoms with Crippen LogP contribution in [-0.2, 0) is 10.0 Å². The lowest BCUT2D eigenvalue weighted by Crippen LogP contribution is -2.29. The van der Waals surface area contributed by atoms with Crippen molar-refractivity contribution >= 4 is 27.1 Å². The van der Waals surface area contributed by atoms with Gasteiger partial charge in [0.1, 0.15) is 5.82 Å². The first-order valence-electron chi connectivity index (χ1n) is 9.50. The van der Waals surface area contributed by atoms with E-state index in [4.69, 9.17) is 0 Å². The Hall–Kier alpha value is -3.59. The van der Waals surface area contributed by atoms with Crippen molar-refractivity contribution in [3.05, 3.63) is 83.9 Å². The van der Waals surface area contributed by atoms with Crippen molar-refractivity contribution < 1.29 is 17.6 Å². The number of anilines is 1. The molecular formula is C22H19FN4O3S. The van der Waals surface area contributed by atoms with Crippen LogP contribution >= 0.6 is 0 Å². The number of ketones is 1. The predicted molar refractivity (Wildman–Crippen MR) is 116 cm³/mol. The van der Waals surface area contributed by atoms with Crippen LogP contribution in [0, 0.1) is 5.82 Å². The highest BCUT2D eigenvalue weighted by Gasteiger charge is 2.19. The number of nitrogens with zero attached hydrogens (tertiary/aromatic N) is 4. The van der Waals surface area contributed by atoms with E-state index < -0.39 is 15.8 Å². The van der Waals surface area contributed by atoms with Gasteiger partial charge in [-0.05, 0) is 49.4 Å². The molecule has 0 aliphatic carbocycles. The van der Waals surface area contributed by atoms with Crippen LogP contribution in [0.4, 0.5) is 10.1 Å².